The highest BCUT2D eigenvalue weighted by atomic mass is 19.1. The quantitative estimate of drug-likeness (QED) is 0.755. The maximum atomic E-state index is 13.3. The molecule has 0 saturated carbocycles. The van der Waals surface area contributed by atoms with Crippen LogP contribution in [0.25, 0.3) is 0 Å². The van der Waals surface area contributed by atoms with Gasteiger partial charge in [0.2, 0.25) is 5.91 Å². The fourth-order valence-corrected chi connectivity index (χ4v) is 2.73. The Hall–Kier alpha value is -2.43. The molecule has 0 fully saturated rings. The molecule has 5 heteroatoms. The molecule has 0 bridgehead atoms. The minimum Gasteiger partial charge on any atom is -0.357 e. The van der Waals surface area contributed by atoms with Crippen molar-refractivity contribution in [1.82, 2.24) is 4.98 Å². The standard InChI is InChI=1S/C21H28FN3O/c1-6-24(7-2)19-13-8-16(14-23-19)15-25(20(26)21(3,4)5)18-11-9-17(22)10-12-18/h8-14H,6-7,15H2,1-5H3. The fraction of sp³-hybridized carbons (Fsp3) is 0.429. The minimum atomic E-state index is -0.539. The van der Waals surface area contributed by atoms with E-state index in [1.54, 1.807) is 23.2 Å². The summed E-state index contributed by atoms with van der Waals surface area (Å²) in [5.41, 5.74) is 1.07. The smallest absolute Gasteiger partial charge is 0.232 e. The molecule has 0 atom stereocenters. The Balaban J connectivity index is 2.29. The van der Waals surface area contributed by atoms with Crippen LogP contribution >= 0.6 is 0 Å². The van der Waals surface area contributed by atoms with E-state index in [1.165, 1.54) is 12.1 Å². The van der Waals surface area contributed by atoms with Crippen molar-refractivity contribution in [1.29, 1.82) is 0 Å². The number of halogens is 1. The summed E-state index contributed by atoms with van der Waals surface area (Å²) in [6.07, 6.45) is 1.81. The zero-order valence-corrected chi connectivity index (χ0v) is 16.3. The number of anilines is 2. The number of hydrogen-bond acceptors (Lipinski definition) is 3. The monoisotopic (exact) mass is 357 g/mol. The third-order valence-corrected chi connectivity index (χ3v) is 4.26. The van der Waals surface area contributed by atoms with E-state index >= 15 is 0 Å². The molecule has 1 amide bonds. The van der Waals surface area contributed by atoms with Gasteiger partial charge < -0.3 is 9.80 Å². The van der Waals surface area contributed by atoms with Gasteiger partial charge in [0.1, 0.15) is 11.6 Å². The second-order valence-electron chi connectivity index (χ2n) is 7.31. The third-order valence-electron chi connectivity index (χ3n) is 4.26. The maximum absolute atomic E-state index is 13.3. The lowest BCUT2D eigenvalue weighted by atomic mass is 9.94. The van der Waals surface area contributed by atoms with E-state index in [1.807, 2.05) is 32.9 Å². The molecule has 0 spiro atoms. The Morgan fingerprint density at radius 1 is 1.04 bits per heavy atom. The molecule has 0 aliphatic carbocycles. The van der Waals surface area contributed by atoms with Crippen molar-refractivity contribution >= 4 is 17.4 Å². The Morgan fingerprint density at radius 2 is 1.65 bits per heavy atom. The lowest BCUT2D eigenvalue weighted by molar-refractivity contribution is -0.125. The average molecular weight is 357 g/mol. The zero-order valence-electron chi connectivity index (χ0n) is 16.3. The molecule has 26 heavy (non-hydrogen) atoms. The summed E-state index contributed by atoms with van der Waals surface area (Å²) >= 11 is 0. The first-order valence-electron chi connectivity index (χ1n) is 9.03. The van der Waals surface area contributed by atoms with Gasteiger partial charge in [-0.15, -0.1) is 0 Å². The molecular weight excluding hydrogens is 329 g/mol. The van der Waals surface area contributed by atoms with Crippen LogP contribution in [0.3, 0.4) is 0 Å². The summed E-state index contributed by atoms with van der Waals surface area (Å²) in [5, 5.41) is 0. The van der Waals surface area contributed by atoms with Crippen LogP contribution in [0.15, 0.2) is 42.6 Å². The summed E-state index contributed by atoms with van der Waals surface area (Å²) in [7, 11) is 0. The normalized spacial score (nSPS) is 11.3. The largest absolute Gasteiger partial charge is 0.357 e. The molecule has 0 radical (unpaired) electrons. The van der Waals surface area contributed by atoms with Crippen molar-refractivity contribution in [3.05, 3.63) is 54.0 Å². The predicted molar refractivity (Wildman–Crippen MR) is 105 cm³/mol. The van der Waals surface area contributed by atoms with Gasteiger partial charge in [-0.25, -0.2) is 9.37 Å². The van der Waals surface area contributed by atoms with Crippen molar-refractivity contribution in [2.24, 2.45) is 5.41 Å². The molecule has 140 valence electrons. The summed E-state index contributed by atoms with van der Waals surface area (Å²) in [6.45, 7) is 12.0. The molecule has 0 aliphatic rings. The molecule has 2 aromatic rings. The van der Waals surface area contributed by atoms with Gasteiger partial charge in [-0.1, -0.05) is 26.8 Å². The second-order valence-corrected chi connectivity index (χ2v) is 7.31. The number of carbonyl (C=O) groups excluding carboxylic acids is 1. The first-order valence-corrected chi connectivity index (χ1v) is 9.03. The summed E-state index contributed by atoms with van der Waals surface area (Å²) in [4.78, 5) is 21.3. The SMILES string of the molecule is CCN(CC)c1ccc(CN(C(=O)C(C)(C)C)c2ccc(F)cc2)cn1. The zero-order chi connectivity index (χ0) is 19.3. The number of rotatable bonds is 6. The van der Waals surface area contributed by atoms with Gasteiger partial charge in [-0.2, -0.15) is 0 Å². The second kappa shape index (κ2) is 8.30. The number of benzene rings is 1. The van der Waals surface area contributed by atoms with Crippen LogP contribution in [0.2, 0.25) is 0 Å². The lowest BCUT2D eigenvalue weighted by Gasteiger charge is -2.30. The summed E-state index contributed by atoms with van der Waals surface area (Å²) in [6, 6.07) is 9.99. The van der Waals surface area contributed by atoms with Gasteiger partial charge in [0, 0.05) is 30.4 Å². The van der Waals surface area contributed by atoms with Crippen molar-refractivity contribution in [2.45, 2.75) is 41.2 Å². The number of aromatic nitrogens is 1. The number of amides is 1. The fourth-order valence-electron chi connectivity index (χ4n) is 2.73. The molecule has 4 nitrogen and oxygen atoms in total. The highest BCUT2D eigenvalue weighted by Crippen LogP contribution is 2.26. The van der Waals surface area contributed by atoms with E-state index in [0.717, 1.165) is 24.5 Å². The van der Waals surface area contributed by atoms with Gasteiger partial charge in [0.25, 0.3) is 0 Å². The molecule has 1 aromatic heterocycles. The lowest BCUT2D eigenvalue weighted by Crippen LogP contribution is -2.39. The van der Waals surface area contributed by atoms with Crippen LogP contribution in [0.1, 0.15) is 40.2 Å². The van der Waals surface area contributed by atoms with Gasteiger partial charge >= 0.3 is 0 Å². The van der Waals surface area contributed by atoms with Crippen LogP contribution in [-0.2, 0) is 11.3 Å². The first-order chi connectivity index (χ1) is 12.3. The van der Waals surface area contributed by atoms with E-state index in [9.17, 15) is 9.18 Å². The van der Waals surface area contributed by atoms with Gasteiger partial charge in [-0.3, -0.25) is 4.79 Å². The Labute approximate surface area is 155 Å². The molecule has 0 unspecified atom stereocenters. The number of nitrogens with zero attached hydrogens (tertiary/aromatic N) is 3. The van der Waals surface area contributed by atoms with E-state index in [0.29, 0.717) is 12.2 Å². The number of hydrogen-bond donors (Lipinski definition) is 0. The van der Waals surface area contributed by atoms with E-state index in [2.05, 4.69) is 23.7 Å². The molecular formula is C21H28FN3O. The maximum Gasteiger partial charge on any atom is 0.232 e. The summed E-state index contributed by atoms with van der Waals surface area (Å²) < 4.78 is 13.3. The molecule has 0 N–H and O–H groups in total. The van der Waals surface area contributed by atoms with Crippen molar-refractivity contribution in [2.75, 3.05) is 22.9 Å². The van der Waals surface area contributed by atoms with Crippen molar-refractivity contribution < 1.29 is 9.18 Å². The Kier molecular flexibility index (Phi) is 6.35. The molecule has 0 saturated heterocycles. The molecule has 2 rings (SSSR count). The molecule has 1 heterocycles. The first kappa shape index (κ1) is 19.9. The predicted octanol–water partition coefficient (Wildman–Crippen LogP) is 4.65. The number of carbonyl (C=O) groups is 1. The van der Waals surface area contributed by atoms with E-state index in [4.69, 9.17) is 0 Å². The van der Waals surface area contributed by atoms with Gasteiger partial charge in [0.05, 0.1) is 6.54 Å². The average Bonchev–Trinajstić information content (AvgIpc) is 2.61. The van der Waals surface area contributed by atoms with Crippen LogP contribution < -0.4 is 9.80 Å². The Morgan fingerprint density at radius 3 is 2.12 bits per heavy atom. The highest BCUT2D eigenvalue weighted by Gasteiger charge is 2.28. The summed E-state index contributed by atoms with van der Waals surface area (Å²) in [5.74, 6) is 0.591. The Bertz CT molecular complexity index is 716. The van der Waals surface area contributed by atoms with E-state index < -0.39 is 5.41 Å². The van der Waals surface area contributed by atoms with Gasteiger partial charge in [-0.05, 0) is 49.7 Å². The highest BCUT2D eigenvalue weighted by molar-refractivity contribution is 5.96. The van der Waals surface area contributed by atoms with Crippen molar-refractivity contribution in [3.63, 3.8) is 0 Å². The van der Waals surface area contributed by atoms with Crippen LogP contribution in [-0.4, -0.2) is 24.0 Å². The third kappa shape index (κ3) is 4.81. The minimum absolute atomic E-state index is 0.0167. The van der Waals surface area contributed by atoms with Crippen LogP contribution in [0.4, 0.5) is 15.9 Å². The van der Waals surface area contributed by atoms with Gasteiger partial charge in [0.15, 0.2) is 0 Å². The topological polar surface area (TPSA) is 36.4 Å². The number of pyridine rings is 1. The van der Waals surface area contributed by atoms with Crippen LogP contribution in [0.5, 0.6) is 0 Å². The van der Waals surface area contributed by atoms with Crippen molar-refractivity contribution in [3.8, 4) is 0 Å². The molecule has 1 aromatic carbocycles. The molecule has 0 aliphatic heterocycles. The van der Waals surface area contributed by atoms with E-state index in [-0.39, 0.29) is 11.7 Å². The van der Waals surface area contributed by atoms with Crippen LogP contribution in [0, 0.1) is 11.2 Å².